The summed E-state index contributed by atoms with van der Waals surface area (Å²) in [7, 11) is 0. The van der Waals surface area contributed by atoms with Crippen LogP contribution in [0.3, 0.4) is 0 Å². The number of hydrogen-bond acceptors (Lipinski definition) is 4. The highest BCUT2D eigenvalue weighted by molar-refractivity contribution is 7.12. The molecule has 1 aromatic heterocycles. The molecule has 1 aliphatic rings. The van der Waals surface area contributed by atoms with Crippen LogP contribution in [-0.2, 0) is 9.53 Å². The predicted octanol–water partition coefficient (Wildman–Crippen LogP) is 2.60. The second-order valence-electron chi connectivity index (χ2n) is 5.45. The Hall–Kier alpha value is -2.42. The maximum Gasteiger partial charge on any atom is 0.299 e. The fraction of sp³-hybridized carbons (Fsp3) is 0.263. The molecule has 0 radical (unpaired) electrons. The number of thiophene rings is 1. The number of ether oxygens (including phenoxy) is 1. The summed E-state index contributed by atoms with van der Waals surface area (Å²) >= 11 is 1.41. The van der Waals surface area contributed by atoms with Gasteiger partial charge in [0, 0.05) is 24.4 Å². The topological polar surface area (TPSA) is 46.6 Å². The Labute approximate surface area is 145 Å². The van der Waals surface area contributed by atoms with Crippen molar-refractivity contribution in [3.63, 3.8) is 0 Å². The van der Waals surface area contributed by atoms with E-state index >= 15 is 0 Å². The molecule has 24 heavy (non-hydrogen) atoms. The van der Waals surface area contributed by atoms with Crippen LogP contribution in [0.25, 0.3) is 0 Å². The van der Waals surface area contributed by atoms with Crippen LogP contribution in [0, 0.1) is 11.8 Å². The van der Waals surface area contributed by atoms with E-state index in [-0.39, 0.29) is 24.2 Å². The molecule has 0 spiro atoms. The first-order valence-corrected chi connectivity index (χ1v) is 8.64. The summed E-state index contributed by atoms with van der Waals surface area (Å²) < 4.78 is 5.45. The maximum atomic E-state index is 12.4. The molecule has 2 heterocycles. The lowest BCUT2D eigenvalue weighted by molar-refractivity contribution is -0.133. The second kappa shape index (κ2) is 7.91. The molecule has 0 aliphatic carbocycles. The summed E-state index contributed by atoms with van der Waals surface area (Å²) in [6, 6.07) is 12.8. The number of carbonyl (C=O) groups is 2. The van der Waals surface area contributed by atoms with Gasteiger partial charge in [0.05, 0.1) is 24.1 Å². The van der Waals surface area contributed by atoms with Gasteiger partial charge in [0.2, 0.25) is 0 Å². The van der Waals surface area contributed by atoms with Crippen LogP contribution in [0.5, 0.6) is 0 Å². The van der Waals surface area contributed by atoms with Crippen molar-refractivity contribution in [2.24, 2.45) is 0 Å². The Bertz CT molecular complexity index is 759. The van der Waals surface area contributed by atoms with E-state index in [1.807, 2.05) is 41.8 Å². The molecule has 1 fully saturated rings. The molecule has 122 valence electrons. The zero-order valence-electron chi connectivity index (χ0n) is 13.1. The van der Waals surface area contributed by atoms with Gasteiger partial charge in [-0.2, -0.15) is 0 Å². The van der Waals surface area contributed by atoms with Gasteiger partial charge in [-0.3, -0.25) is 9.59 Å². The molecule has 1 aliphatic heterocycles. The van der Waals surface area contributed by atoms with Crippen molar-refractivity contribution in [2.75, 3.05) is 19.8 Å². The molecule has 2 aromatic rings. The van der Waals surface area contributed by atoms with E-state index in [9.17, 15) is 9.59 Å². The fourth-order valence-corrected chi connectivity index (χ4v) is 3.24. The number of nitrogens with zero attached hydrogens (tertiary/aromatic N) is 1. The number of carbonyl (C=O) groups excluding carboxylic acids is 2. The molecule has 1 atom stereocenters. The number of morpholine rings is 1. The van der Waals surface area contributed by atoms with Crippen LogP contribution in [-0.4, -0.2) is 42.4 Å². The van der Waals surface area contributed by atoms with Crippen molar-refractivity contribution >= 4 is 23.0 Å². The molecular weight excluding hydrogens is 322 g/mol. The van der Waals surface area contributed by atoms with Crippen LogP contribution in [0.1, 0.15) is 21.7 Å². The quantitative estimate of drug-likeness (QED) is 0.638. The first-order valence-electron chi connectivity index (χ1n) is 7.76. The average Bonchev–Trinajstić information content (AvgIpc) is 3.16. The predicted molar refractivity (Wildman–Crippen MR) is 92.9 cm³/mol. The van der Waals surface area contributed by atoms with Gasteiger partial charge >= 0.3 is 0 Å². The monoisotopic (exact) mass is 339 g/mol. The highest BCUT2D eigenvalue weighted by atomic mass is 32.1. The van der Waals surface area contributed by atoms with Gasteiger partial charge in [0.15, 0.2) is 5.78 Å². The third kappa shape index (κ3) is 4.10. The Balaban J connectivity index is 1.69. The molecular formula is C19H17NO3S. The number of benzene rings is 1. The summed E-state index contributed by atoms with van der Waals surface area (Å²) in [5.41, 5.74) is 0.797. The summed E-state index contributed by atoms with van der Waals surface area (Å²) in [5, 5.41) is 1.87. The normalized spacial score (nSPS) is 17.0. The van der Waals surface area contributed by atoms with Crippen molar-refractivity contribution in [3.05, 3.63) is 58.3 Å². The van der Waals surface area contributed by atoms with Gasteiger partial charge in [-0.15, -0.1) is 11.3 Å². The lowest BCUT2D eigenvalue weighted by atomic mass is 10.1. The van der Waals surface area contributed by atoms with E-state index in [0.717, 1.165) is 5.56 Å². The molecule has 0 bridgehead atoms. The lowest BCUT2D eigenvalue weighted by Crippen LogP contribution is -2.49. The van der Waals surface area contributed by atoms with E-state index in [2.05, 4.69) is 11.8 Å². The number of ketones is 1. The Kier molecular flexibility index (Phi) is 5.42. The van der Waals surface area contributed by atoms with E-state index in [1.54, 1.807) is 11.0 Å². The zero-order valence-corrected chi connectivity index (χ0v) is 13.9. The third-order valence-electron chi connectivity index (χ3n) is 3.79. The minimum atomic E-state index is -0.258. The Morgan fingerprint density at radius 3 is 2.79 bits per heavy atom. The molecule has 1 saturated heterocycles. The molecule has 4 nitrogen and oxygen atoms in total. The van der Waals surface area contributed by atoms with Crippen LogP contribution in [0.15, 0.2) is 47.8 Å². The molecule has 1 unspecified atom stereocenters. The van der Waals surface area contributed by atoms with Crippen molar-refractivity contribution in [1.82, 2.24) is 4.90 Å². The third-order valence-corrected chi connectivity index (χ3v) is 4.70. The number of amides is 1. The molecule has 5 heteroatoms. The molecule has 1 amide bonds. The van der Waals surface area contributed by atoms with Crippen molar-refractivity contribution in [2.45, 2.75) is 12.5 Å². The molecule has 0 saturated carbocycles. The first-order chi connectivity index (χ1) is 11.7. The number of hydrogen-bond donors (Lipinski definition) is 0. The molecule has 1 aromatic carbocycles. The summed E-state index contributed by atoms with van der Waals surface area (Å²) in [6.07, 6.45) is 0.263. The van der Waals surface area contributed by atoms with Crippen LogP contribution < -0.4 is 0 Å². The van der Waals surface area contributed by atoms with Gasteiger partial charge in [0.25, 0.3) is 5.91 Å². The standard InChI is InChI=1S/C19H17NO3S/c21-17(18-7-4-12-24-18)13-16-14-23-11-10-20(16)19(22)9-8-15-5-2-1-3-6-15/h1-7,12,16H,10-11,13-14H2. The maximum absolute atomic E-state index is 12.4. The summed E-state index contributed by atoms with van der Waals surface area (Å²) in [4.78, 5) is 27.1. The van der Waals surface area contributed by atoms with E-state index in [4.69, 9.17) is 4.74 Å². The van der Waals surface area contributed by atoms with Gasteiger partial charge in [0.1, 0.15) is 0 Å². The highest BCUT2D eigenvalue weighted by Crippen LogP contribution is 2.17. The summed E-state index contributed by atoms with van der Waals surface area (Å²) in [6.45, 7) is 1.31. The smallest absolute Gasteiger partial charge is 0.299 e. The van der Waals surface area contributed by atoms with E-state index < -0.39 is 0 Å². The zero-order chi connectivity index (χ0) is 16.8. The Morgan fingerprint density at radius 1 is 1.21 bits per heavy atom. The van der Waals surface area contributed by atoms with Gasteiger partial charge in [-0.25, -0.2) is 0 Å². The minimum absolute atomic E-state index is 0.0364. The van der Waals surface area contributed by atoms with Crippen LogP contribution >= 0.6 is 11.3 Å². The number of Topliss-reactive ketones (excluding diaryl/α,β-unsaturated/α-hetero) is 1. The lowest BCUT2D eigenvalue weighted by Gasteiger charge is -2.33. The van der Waals surface area contributed by atoms with Crippen molar-refractivity contribution < 1.29 is 14.3 Å². The highest BCUT2D eigenvalue weighted by Gasteiger charge is 2.28. The molecule has 3 rings (SSSR count). The minimum Gasteiger partial charge on any atom is -0.377 e. The first kappa shape index (κ1) is 16.4. The SMILES string of the molecule is O=C(CC1COCCN1C(=O)C#Cc1ccccc1)c1cccs1. The second-order valence-corrected chi connectivity index (χ2v) is 6.40. The largest absolute Gasteiger partial charge is 0.377 e. The fourth-order valence-electron chi connectivity index (χ4n) is 2.56. The van der Waals surface area contributed by atoms with Crippen LogP contribution in [0.2, 0.25) is 0 Å². The van der Waals surface area contributed by atoms with Crippen LogP contribution in [0.4, 0.5) is 0 Å². The van der Waals surface area contributed by atoms with E-state index in [0.29, 0.717) is 24.6 Å². The van der Waals surface area contributed by atoms with Gasteiger partial charge < -0.3 is 9.64 Å². The average molecular weight is 339 g/mol. The molecule has 0 N–H and O–H groups in total. The van der Waals surface area contributed by atoms with Crippen molar-refractivity contribution in [1.29, 1.82) is 0 Å². The van der Waals surface area contributed by atoms with Gasteiger partial charge in [-0.05, 0) is 23.6 Å². The number of rotatable bonds is 3. The Morgan fingerprint density at radius 2 is 2.04 bits per heavy atom. The van der Waals surface area contributed by atoms with E-state index in [1.165, 1.54) is 11.3 Å². The summed E-state index contributed by atoms with van der Waals surface area (Å²) in [5.74, 6) is 5.34. The van der Waals surface area contributed by atoms with Crippen molar-refractivity contribution in [3.8, 4) is 11.8 Å². The van der Waals surface area contributed by atoms with Gasteiger partial charge in [-0.1, -0.05) is 30.2 Å².